The van der Waals surface area contributed by atoms with Crippen LogP contribution in [0.5, 0.6) is 0 Å². The summed E-state index contributed by atoms with van der Waals surface area (Å²) in [5.74, 6) is 0. The SMILES string of the molecule is O=c1[nH]n([C@@H]2O[C@H](CO)[C@@H](O)[C@H]2O)c(=O)c2ccccc12. The molecule has 1 aliphatic heterocycles. The number of aliphatic hydroxyl groups is 3. The highest BCUT2D eigenvalue weighted by Gasteiger charge is 2.44. The predicted molar refractivity (Wildman–Crippen MR) is 71.8 cm³/mol. The Morgan fingerprint density at radius 1 is 1.14 bits per heavy atom. The minimum absolute atomic E-state index is 0.180. The lowest BCUT2D eigenvalue weighted by molar-refractivity contribution is -0.0609. The fourth-order valence-electron chi connectivity index (χ4n) is 2.49. The second kappa shape index (κ2) is 5.08. The average Bonchev–Trinajstić information content (AvgIpc) is 2.79. The van der Waals surface area contributed by atoms with Gasteiger partial charge in [-0.15, -0.1) is 0 Å². The number of H-pyrrole nitrogens is 1. The Morgan fingerprint density at radius 2 is 1.81 bits per heavy atom. The minimum Gasteiger partial charge on any atom is -0.394 e. The maximum Gasteiger partial charge on any atom is 0.275 e. The predicted octanol–water partition coefficient (Wildman–Crippen LogP) is -1.70. The monoisotopic (exact) mass is 294 g/mol. The first-order valence-electron chi connectivity index (χ1n) is 6.40. The van der Waals surface area contributed by atoms with Gasteiger partial charge in [0, 0.05) is 0 Å². The van der Waals surface area contributed by atoms with Gasteiger partial charge in [-0.05, 0) is 12.1 Å². The molecule has 0 radical (unpaired) electrons. The second-order valence-corrected chi connectivity index (χ2v) is 4.89. The van der Waals surface area contributed by atoms with Gasteiger partial charge in [-0.25, -0.2) is 4.68 Å². The van der Waals surface area contributed by atoms with Crippen LogP contribution in [0, 0.1) is 0 Å². The topological polar surface area (TPSA) is 125 Å². The van der Waals surface area contributed by atoms with Crippen LogP contribution in [0.3, 0.4) is 0 Å². The molecular weight excluding hydrogens is 280 g/mol. The Bertz CT molecular complexity index is 782. The summed E-state index contributed by atoms with van der Waals surface area (Å²) in [6.45, 7) is -0.513. The van der Waals surface area contributed by atoms with Gasteiger partial charge in [-0.2, -0.15) is 0 Å². The van der Waals surface area contributed by atoms with Gasteiger partial charge in [0.05, 0.1) is 17.4 Å². The first kappa shape index (κ1) is 14.0. The molecular formula is C13H14N2O6. The van der Waals surface area contributed by atoms with Crippen molar-refractivity contribution < 1.29 is 20.1 Å². The third kappa shape index (κ3) is 2.09. The van der Waals surface area contributed by atoms with E-state index in [4.69, 9.17) is 9.84 Å². The lowest BCUT2D eigenvalue weighted by Crippen LogP contribution is -2.38. The Labute approximate surface area is 117 Å². The van der Waals surface area contributed by atoms with Gasteiger partial charge in [-0.1, -0.05) is 12.1 Å². The number of aromatic nitrogens is 2. The molecule has 2 heterocycles. The van der Waals surface area contributed by atoms with Gasteiger partial charge in [0.2, 0.25) is 0 Å². The molecule has 1 saturated heterocycles. The third-order valence-corrected chi connectivity index (χ3v) is 3.61. The number of fused-ring (bicyclic) bond motifs is 1. The van der Waals surface area contributed by atoms with Crippen molar-refractivity contribution in [3.8, 4) is 0 Å². The maximum atomic E-state index is 12.4. The maximum absolute atomic E-state index is 12.4. The molecule has 4 N–H and O–H groups in total. The van der Waals surface area contributed by atoms with Crippen LogP contribution in [0.4, 0.5) is 0 Å². The van der Waals surface area contributed by atoms with Gasteiger partial charge in [0.25, 0.3) is 11.1 Å². The normalized spacial score (nSPS) is 29.1. The molecule has 21 heavy (non-hydrogen) atoms. The number of rotatable bonds is 2. The summed E-state index contributed by atoms with van der Waals surface area (Å²) >= 11 is 0. The Kier molecular flexibility index (Phi) is 3.38. The van der Waals surface area contributed by atoms with E-state index in [1.165, 1.54) is 12.1 Å². The molecule has 112 valence electrons. The average molecular weight is 294 g/mol. The number of ether oxygens (including phenoxy) is 1. The van der Waals surface area contributed by atoms with Gasteiger partial charge in [0.15, 0.2) is 6.23 Å². The molecule has 8 nitrogen and oxygen atoms in total. The van der Waals surface area contributed by atoms with Crippen LogP contribution in [0.15, 0.2) is 33.9 Å². The minimum atomic E-state index is -1.43. The molecule has 1 aromatic heterocycles. The number of benzene rings is 1. The van der Waals surface area contributed by atoms with Gasteiger partial charge < -0.3 is 20.1 Å². The van der Waals surface area contributed by atoms with Gasteiger partial charge in [-0.3, -0.25) is 14.7 Å². The molecule has 1 aromatic carbocycles. The van der Waals surface area contributed by atoms with Crippen LogP contribution >= 0.6 is 0 Å². The Morgan fingerprint density at radius 3 is 2.43 bits per heavy atom. The number of aliphatic hydroxyl groups excluding tert-OH is 3. The van der Waals surface area contributed by atoms with Crippen molar-refractivity contribution in [1.29, 1.82) is 0 Å². The summed E-state index contributed by atoms with van der Waals surface area (Å²) in [7, 11) is 0. The first-order valence-corrected chi connectivity index (χ1v) is 6.40. The van der Waals surface area contributed by atoms with E-state index < -0.39 is 42.3 Å². The second-order valence-electron chi connectivity index (χ2n) is 4.89. The summed E-state index contributed by atoms with van der Waals surface area (Å²) < 4.78 is 6.09. The molecule has 1 aliphatic rings. The van der Waals surface area contributed by atoms with E-state index >= 15 is 0 Å². The van der Waals surface area contributed by atoms with E-state index in [2.05, 4.69) is 5.10 Å². The zero-order valence-corrected chi connectivity index (χ0v) is 10.8. The van der Waals surface area contributed by atoms with Crippen molar-refractivity contribution in [3.63, 3.8) is 0 Å². The summed E-state index contributed by atoms with van der Waals surface area (Å²) in [6.07, 6.45) is -5.06. The first-order chi connectivity index (χ1) is 10.0. The molecule has 2 aromatic rings. The van der Waals surface area contributed by atoms with Crippen LogP contribution in [0.1, 0.15) is 6.23 Å². The molecule has 0 amide bonds. The van der Waals surface area contributed by atoms with Crippen molar-refractivity contribution >= 4 is 10.8 Å². The standard InChI is InChI=1S/C13H14N2O6/c16-5-8-9(17)10(18)13(21-8)15-12(20)7-4-2-1-3-6(7)11(19)14-15/h1-4,8-10,13,16-18H,5H2,(H,14,19)/t8-,9-,10-,13-/m1/s1. The fraction of sp³-hybridized carbons (Fsp3) is 0.385. The van der Waals surface area contributed by atoms with Gasteiger partial charge >= 0.3 is 0 Å². The van der Waals surface area contributed by atoms with Crippen LogP contribution < -0.4 is 11.1 Å². The Balaban J connectivity index is 2.16. The largest absolute Gasteiger partial charge is 0.394 e. The molecule has 0 unspecified atom stereocenters. The Hall–Kier alpha value is -2.00. The van der Waals surface area contributed by atoms with Crippen molar-refractivity contribution in [2.75, 3.05) is 6.61 Å². The number of hydrogen-bond acceptors (Lipinski definition) is 6. The molecule has 4 atom stereocenters. The lowest BCUT2D eigenvalue weighted by atomic mass is 10.1. The van der Waals surface area contributed by atoms with E-state index in [9.17, 15) is 19.8 Å². The zero-order valence-electron chi connectivity index (χ0n) is 10.8. The summed E-state index contributed by atoms with van der Waals surface area (Å²) in [5, 5.41) is 31.4. The number of aromatic amines is 1. The van der Waals surface area contributed by atoms with Crippen LogP contribution in [0.2, 0.25) is 0 Å². The van der Waals surface area contributed by atoms with Crippen LogP contribution in [-0.2, 0) is 4.74 Å². The summed E-state index contributed by atoms with van der Waals surface area (Å²) in [6, 6.07) is 6.25. The molecule has 0 spiro atoms. The highest BCUT2D eigenvalue weighted by Crippen LogP contribution is 2.27. The molecule has 0 bridgehead atoms. The zero-order chi connectivity index (χ0) is 15.1. The van der Waals surface area contributed by atoms with E-state index in [0.717, 1.165) is 4.68 Å². The highest BCUT2D eigenvalue weighted by molar-refractivity contribution is 5.80. The fourth-order valence-corrected chi connectivity index (χ4v) is 2.49. The smallest absolute Gasteiger partial charge is 0.275 e. The van der Waals surface area contributed by atoms with Crippen molar-refractivity contribution in [1.82, 2.24) is 9.78 Å². The van der Waals surface area contributed by atoms with Crippen LogP contribution in [0.25, 0.3) is 10.8 Å². The molecule has 8 heteroatoms. The van der Waals surface area contributed by atoms with Crippen molar-refractivity contribution in [2.24, 2.45) is 0 Å². The van der Waals surface area contributed by atoms with Crippen molar-refractivity contribution in [2.45, 2.75) is 24.5 Å². The molecule has 3 rings (SSSR count). The summed E-state index contributed by atoms with van der Waals surface area (Å²) in [5.41, 5.74) is -1.07. The number of nitrogens with zero attached hydrogens (tertiary/aromatic N) is 1. The van der Waals surface area contributed by atoms with E-state index in [1.54, 1.807) is 12.1 Å². The van der Waals surface area contributed by atoms with E-state index in [1.807, 2.05) is 0 Å². The van der Waals surface area contributed by atoms with E-state index in [0.29, 0.717) is 0 Å². The number of nitrogens with one attached hydrogen (secondary N) is 1. The third-order valence-electron chi connectivity index (χ3n) is 3.61. The quantitative estimate of drug-likeness (QED) is 0.523. The van der Waals surface area contributed by atoms with E-state index in [-0.39, 0.29) is 10.8 Å². The number of hydrogen-bond donors (Lipinski definition) is 4. The molecule has 0 aliphatic carbocycles. The molecule has 1 fully saturated rings. The summed E-state index contributed by atoms with van der Waals surface area (Å²) in [4.78, 5) is 24.4. The highest BCUT2D eigenvalue weighted by atomic mass is 16.6. The lowest BCUT2D eigenvalue weighted by Gasteiger charge is -2.17. The molecule has 0 saturated carbocycles. The van der Waals surface area contributed by atoms with Crippen molar-refractivity contribution in [3.05, 3.63) is 45.0 Å². The van der Waals surface area contributed by atoms with Crippen LogP contribution in [-0.4, -0.2) is 50.0 Å². The van der Waals surface area contributed by atoms with Gasteiger partial charge in [0.1, 0.15) is 18.3 Å².